The summed E-state index contributed by atoms with van der Waals surface area (Å²) in [6.07, 6.45) is 2.64. The minimum Gasteiger partial charge on any atom is -0.328 e. The van der Waals surface area contributed by atoms with E-state index in [9.17, 15) is 8.78 Å². The van der Waals surface area contributed by atoms with Gasteiger partial charge in [0.2, 0.25) is 0 Å². The van der Waals surface area contributed by atoms with Gasteiger partial charge in [0.25, 0.3) is 5.92 Å². The molecule has 0 heterocycles. The lowest BCUT2D eigenvalue weighted by Crippen LogP contribution is -2.16. The first-order chi connectivity index (χ1) is 9.00. The summed E-state index contributed by atoms with van der Waals surface area (Å²) in [7, 11) is 0. The Morgan fingerprint density at radius 2 is 1.60 bits per heavy atom. The van der Waals surface area contributed by atoms with Crippen LogP contribution >= 0.6 is 0 Å². The first-order valence-corrected chi connectivity index (χ1v) is 7.28. The molecule has 0 saturated carbocycles. The highest BCUT2D eigenvalue weighted by atomic mass is 19.3. The first kappa shape index (κ1) is 17.1. The van der Waals surface area contributed by atoms with Gasteiger partial charge in [-0.25, -0.2) is 8.78 Å². The Balaban J connectivity index is 3.05. The Morgan fingerprint density at radius 1 is 1.05 bits per heavy atom. The smallest absolute Gasteiger partial charge is 0.270 e. The van der Waals surface area contributed by atoms with E-state index in [2.05, 4.69) is 6.07 Å². The standard InChI is InChI=1S/C17H27F2N/c1-12(20)7-6-8-13-9-14(16(2,3)4)11-15(10-13)17(5,18)19/h9-12H,6-8,20H2,1-5H3/t12-/m0/s1. The van der Waals surface area contributed by atoms with E-state index in [0.29, 0.717) is 0 Å². The van der Waals surface area contributed by atoms with Crippen molar-refractivity contribution in [2.45, 2.75) is 71.3 Å². The van der Waals surface area contributed by atoms with Crippen LogP contribution in [-0.4, -0.2) is 6.04 Å². The second-order valence-corrected chi connectivity index (χ2v) is 6.93. The Labute approximate surface area is 121 Å². The lowest BCUT2D eigenvalue weighted by Gasteiger charge is -2.23. The first-order valence-electron chi connectivity index (χ1n) is 7.28. The number of rotatable bonds is 5. The number of hydrogen-bond acceptors (Lipinski definition) is 1. The van der Waals surface area contributed by atoms with Gasteiger partial charge in [0.05, 0.1) is 0 Å². The Morgan fingerprint density at radius 3 is 2.05 bits per heavy atom. The zero-order valence-electron chi connectivity index (χ0n) is 13.3. The van der Waals surface area contributed by atoms with Crippen molar-refractivity contribution in [3.8, 4) is 0 Å². The molecular weight excluding hydrogens is 256 g/mol. The van der Waals surface area contributed by atoms with Crippen LogP contribution in [0.25, 0.3) is 0 Å². The Bertz CT molecular complexity index is 407. The fourth-order valence-corrected chi connectivity index (χ4v) is 2.15. The predicted molar refractivity (Wildman–Crippen MR) is 81.3 cm³/mol. The van der Waals surface area contributed by atoms with Crippen LogP contribution in [0.5, 0.6) is 0 Å². The fourth-order valence-electron chi connectivity index (χ4n) is 2.15. The SMILES string of the molecule is C[C@H](N)CCCc1cc(C(C)(C)C)cc(C(C)(F)F)c1. The van der Waals surface area contributed by atoms with Crippen LogP contribution in [0.15, 0.2) is 18.2 Å². The van der Waals surface area contributed by atoms with Gasteiger partial charge >= 0.3 is 0 Å². The van der Waals surface area contributed by atoms with Crippen molar-refractivity contribution >= 4 is 0 Å². The number of hydrogen-bond donors (Lipinski definition) is 1. The highest BCUT2D eigenvalue weighted by Crippen LogP contribution is 2.32. The summed E-state index contributed by atoms with van der Waals surface area (Å²) >= 11 is 0. The molecule has 1 aromatic rings. The van der Waals surface area contributed by atoms with Crippen LogP contribution in [0.1, 0.15) is 64.2 Å². The van der Waals surface area contributed by atoms with Crippen LogP contribution in [-0.2, 0) is 17.8 Å². The maximum atomic E-state index is 13.6. The average Bonchev–Trinajstić information content (AvgIpc) is 2.25. The van der Waals surface area contributed by atoms with E-state index >= 15 is 0 Å². The molecule has 0 bridgehead atoms. The van der Waals surface area contributed by atoms with Crippen molar-refractivity contribution in [2.24, 2.45) is 5.73 Å². The van der Waals surface area contributed by atoms with Gasteiger partial charge in [-0.15, -0.1) is 0 Å². The quantitative estimate of drug-likeness (QED) is 0.828. The maximum Gasteiger partial charge on any atom is 0.270 e. The lowest BCUT2D eigenvalue weighted by atomic mass is 9.83. The van der Waals surface area contributed by atoms with Crippen LogP contribution < -0.4 is 5.73 Å². The summed E-state index contributed by atoms with van der Waals surface area (Å²) in [6, 6.07) is 5.48. The molecule has 114 valence electrons. The van der Waals surface area contributed by atoms with Gasteiger partial charge in [-0.05, 0) is 54.9 Å². The van der Waals surface area contributed by atoms with E-state index in [1.165, 1.54) is 0 Å². The molecule has 0 saturated heterocycles. The van der Waals surface area contributed by atoms with Crippen LogP contribution in [0.2, 0.25) is 0 Å². The summed E-state index contributed by atoms with van der Waals surface area (Å²) < 4.78 is 27.3. The molecule has 0 aliphatic carbocycles. The van der Waals surface area contributed by atoms with E-state index in [0.717, 1.165) is 37.3 Å². The molecule has 1 nitrogen and oxygen atoms in total. The second-order valence-electron chi connectivity index (χ2n) is 6.93. The summed E-state index contributed by atoms with van der Waals surface area (Å²) in [6.45, 7) is 9.07. The molecule has 0 radical (unpaired) electrons. The van der Waals surface area contributed by atoms with Crippen LogP contribution in [0.3, 0.4) is 0 Å². The molecule has 0 fully saturated rings. The highest BCUT2D eigenvalue weighted by Gasteiger charge is 2.27. The highest BCUT2D eigenvalue weighted by molar-refractivity contribution is 5.36. The normalized spacial score (nSPS) is 14.4. The van der Waals surface area contributed by atoms with Crippen molar-refractivity contribution in [1.82, 2.24) is 0 Å². The molecule has 0 unspecified atom stereocenters. The summed E-state index contributed by atoms with van der Waals surface area (Å²) in [4.78, 5) is 0. The zero-order valence-corrected chi connectivity index (χ0v) is 13.3. The molecule has 0 amide bonds. The van der Waals surface area contributed by atoms with E-state index in [1.54, 1.807) is 12.1 Å². The van der Waals surface area contributed by atoms with Crippen molar-refractivity contribution in [2.75, 3.05) is 0 Å². The number of benzene rings is 1. The predicted octanol–water partition coefficient (Wildman–Crippen LogP) is 4.77. The third kappa shape index (κ3) is 5.20. The molecule has 3 heteroatoms. The van der Waals surface area contributed by atoms with Crippen LogP contribution in [0, 0.1) is 0 Å². The van der Waals surface area contributed by atoms with Gasteiger partial charge in [0, 0.05) is 18.5 Å². The monoisotopic (exact) mass is 283 g/mol. The largest absolute Gasteiger partial charge is 0.328 e. The van der Waals surface area contributed by atoms with E-state index < -0.39 is 5.92 Å². The minimum absolute atomic E-state index is 0.112. The Hall–Kier alpha value is -0.960. The van der Waals surface area contributed by atoms with Gasteiger partial charge in [-0.1, -0.05) is 26.8 Å². The lowest BCUT2D eigenvalue weighted by molar-refractivity contribution is 0.0172. The minimum atomic E-state index is -2.79. The van der Waals surface area contributed by atoms with Gasteiger partial charge in [0.1, 0.15) is 0 Å². The summed E-state index contributed by atoms with van der Waals surface area (Å²) in [5, 5.41) is 0. The summed E-state index contributed by atoms with van der Waals surface area (Å²) in [5.74, 6) is -2.79. The number of aryl methyl sites for hydroxylation is 1. The molecule has 1 rings (SSSR count). The topological polar surface area (TPSA) is 26.0 Å². The maximum absolute atomic E-state index is 13.6. The van der Waals surface area contributed by atoms with Crippen molar-refractivity contribution in [3.05, 3.63) is 34.9 Å². The molecule has 0 aromatic heterocycles. The van der Waals surface area contributed by atoms with Crippen molar-refractivity contribution in [3.63, 3.8) is 0 Å². The fraction of sp³-hybridized carbons (Fsp3) is 0.647. The van der Waals surface area contributed by atoms with Crippen molar-refractivity contribution < 1.29 is 8.78 Å². The van der Waals surface area contributed by atoms with Gasteiger partial charge in [-0.3, -0.25) is 0 Å². The number of nitrogens with two attached hydrogens (primary N) is 1. The van der Waals surface area contributed by atoms with E-state index in [1.807, 2.05) is 27.7 Å². The molecule has 0 spiro atoms. The molecule has 2 N–H and O–H groups in total. The van der Waals surface area contributed by atoms with Gasteiger partial charge < -0.3 is 5.73 Å². The van der Waals surface area contributed by atoms with E-state index in [4.69, 9.17) is 5.73 Å². The van der Waals surface area contributed by atoms with Gasteiger partial charge in [0.15, 0.2) is 0 Å². The van der Waals surface area contributed by atoms with Gasteiger partial charge in [-0.2, -0.15) is 0 Å². The number of alkyl halides is 2. The second kappa shape index (κ2) is 6.21. The molecule has 20 heavy (non-hydrogen) atoms. The third-order valence-electron chi connectivity index (χ3n) is 3.49. The van der Waals surface area contributed by atoms with Crippen LogP contribution in [0.4, 0.5) is 8.78 Å². The zero-order chi connectivity index (χ0) is 15.6. The van der Waals surface area contributed by atoms with E-state index in [-0.39, 0.29) is 17.0 Å². The average molecular weight is 283 g/mol. The molecule has 1 atom stereocenters. The number of halogens is 2. The molecule has 1 aromatic carbocycles. The summed E-state index contributed by atoms with van der Waals surface area (Å²) in [5.41, 5.74) is 7.67. The Kier molecular flexibility index (Phi) is 5.31. The molecule has 0 aliphatic heterocycles. The third-order valence-corrected chi connectivity index (χ3v) is 3.49. The molecular formula is C17H27F2N. The molecule has 0 aliphatic rings. The van der Waals surface area contributed by atoms with Crippen molar-refractivity contribution in [1.29, 1.82) is 0 Å².